The second-order valence-electron chi connectivity index (χ2n) is 7.42. The molecule has 0 bridgehead atoms. The Morgan fingerprint density at radius 3 is 2.24 bits per heavy atom. The molecule has 0 saturated carbocycles. The summed E-state index contributed by atoms with van der Waals surface area (Å²) in [6.07, 6.45) is 2.98. The molecule has 0 saturated heterocycles. The van der Waals surface area contributed by atoms with Crippen molar-refractivity contribution in [3.05, 3.63) is 51.8 Å². The van der Waals surface area contributed by atoms with Gasteiger partial charge in [0.1, 0.15) is 6.54 Å². The number of hydrogen-bond donors (Lipinski definition) is 0. The van der Waals surface area contributed by atoms with Crippen LogP contribution in [0.15, 0.2) is 35.3 Å². The number of rotatable bonds is 8. The van der Waals surface area contributed by atoms with E-state index in [2.05, 4.69) is 4.99 Å². The molecule has 0 atom stereocenters. The van der Waals surface area contributed by atoms with E-state index in [0.29, 0.717) is 27.6 Å². The van der Waals surface area contributed by atoms with Gasteiger partial charge in [-0.3, -0.25) is 9.59 Å². The number of ether oxygens (including phenoxy) is 4. The zero-order chi connectivity index (χ0) is 24.8. The van der Waals surface area contributed by atoms with Crippen molar-refractivity contribution in [1.82, 2.24) is 4.57 Å². The van der Waals surface area contributed by atoms with E-state index < -0.39 is 5.91 Å². The van der Waals surface area contributed by atoms with Crippen LogP contribution in [0, 0.1) is 13.8 Å². The summed E-state index contributed by atoms with van der Waals surface area (Å²) in [5.74, 6) is 0.574. The van der Waals surface area contributed by atoms with Crippen LogP contribution < -0.4 is 19.0 Å². The van der Waals surface area contributed by atoms with Crippen molar-refractivity contribution in [2.45, 2.75) is 27.3 Å². The highest BCUT2D eigenvalue weighted by molar-refractivity contribution is 7.16. The number of nitrogens with zero attached hydrogens (tertiary/aromatic N) is 2. The molecule has 0 aliphatic rings. The van der Waals surface area contributed by atoms with Gasteiger partial charge in [0, 0.05) is 6.08 Å². The molecule has 34 heavy (non-hydrogen) atoms. The minimum absolute atomic E-state index is 0.0287. The van der Waals surface area contributed by atoms with Gasteiger partial charge in [-0.25, -0.2) is 0 Å². The zero-order valence-electron chi connectivity index (χ0n) is 20.1. The maximum absolute atomic E-state index is 12.7. The minimum Gasteiger partial charge on any atom is -0.493 e. The number of thiazole rings is 1. The lowest BCUT2D eigenvalue weighted by Gasteiger charge is -2.12. The summed E-state index contributed by atoms with van der Waals surface area (Å²) in [5.41, 5.74) is 3.72. The smallest absolute Gasteiger partial charge is 0.326 e. The summed E-state index contributed by atoms with van der Waals surface area (Å²) in [4.78, 5) is 29.6. The molecule has 1 aromatic heterocycles. The van der Waals surface area contributed by atoms with E-state index in [9.17, 15) is 9.59 Å². The van der Waals surface area contributed by atoms with Crippen molar-refractivity contribution in [3.63, 3.8) is 0 Å². The van der Waals surface area contributed by atoms with E-state index in [-0.39, 0.29) is 19.1 Å². The molecule has 3 aromatic rings. The first kappa shape index (κ1) is 25.0. The van der Waals surface area contributed by atoms with E-state index in [1.165, 1.54) is 38.7 Å². The summed E-state index contributed by atoms with van der Waals surface area (Å²) < 4.78 is 23.8. The Hall–Kier alpha value is -3.59. The summed E-state index contributed by atoms with van der Waals surface area (Å²) in [6.45, 7) is 6.03. The lowest BCUT2D eigenvalue weighted by Crippen LogP contribution is -2.22. The number of benzene rings is 2. The van der Waals surface area contributed by atoms with Crippen molar-refractivity contribution in [3.8, 4) is 17.2 Å². The Morgan fingerprint density at radius 2 is 1.65 bits per heavy atom. The number of fused-ring (bicyclic) bond motifs is 1. The molecule has 3 rings (SSSR count). The zero-order valence-corrected chi connectivity index (χ0v) is 20.9. The van der Waals surface area contributed by atoms with Crippen LogP contribution in [0.5, 0.6) is 17.2 Å². The molecule has 1 heterocycles. The van der Waals surface area contributed by atoms with Gasteiger partial charge in [0.05, 0.1) is 38.2 Å². The molecule has 2 aromatic carbocycles. The third-order valence-corrected chi connectivity index (χ3v) is 6.24. The quantitative estimate of drug-likeness (QED) is 0.354. The van der Waals surface area contributed by atoms with Gasteiger partial charge >= 0.3 is 5.97 Å². The summed E-state index contributed by atoms with van der Waals surface area (Å²) in [6, 6.07) is 7.50. The lowest BCUT2D eigenvalue weighted by molar-refractivity contribution is -0.143. The van der Waals surface area contributed by atoms with Gasteiger partial charge in [-0.1, -0.05) is 11.3 Å². The summed E-state index contributed by atoms with van der Waals surface area (Å²) >= 11 is 1.35. The SMILES string of the molecule is CCOC(=O)Cn1c(=NC(=O)/C=C/c2cc(OC)c(OC)c(OC)c2)sc2cc(C)c(C)cc21. The van der Waals surface area contributed by atoms with Crippen molar-refractivity contribution in [1.29, 1.82) is 0 Å². The standard InChI is InChI=1S/C25H28N2O6S/c1-7-33-23(29)14-27-18-10-15(2)16(3)11-21(18)34-25(27)26-22(28)9-8-17-12-19(30-4)24(32-6)20(13-17)31-5/h8-13H,7,14H2,1-6H3/b9-8+,26-25?. The Morgan fingerprint density at radius 1 is 1.00 bits per heavy atom. The van der Waals surface area contributed by atoms with Crippen LogP contribution in [0.25, 0.3) is 16.3 Å². The molecule has 0 aliphatic carbocycles. The van der Waals surface area contributed by atoms with E-state index in [0.717, 1.165) is 21.3 Å². The Labute approximate surface area is 202 Å². The van der Waals surface area contributed by atoms with Gasteiger partial charge in [0.25, 0.3) is 5.91 Å². The molecule has 8 nitrogen and oxygen atoms in total. The van der Waals surface area contributed by atoms with Crippen molar-refractivity contribution >= 4 is 39.5 Å². The number of esters is 1. The molecule has 0 unspecified atom stereocenters. The number of carbonyl (C=O) groups is 2. The maximum Gasteiger partial charge on any atom is 0.326 e. The van der Waals surface area contributed by atoms with Crippen LogP contribution in [0.3, 0.4) is 0 Å². The Kier molecular flexibility index (Phi) is 8.12. The molecule has 0 fully saturated rings. The molecular weight excluding hydrogens is 456 g/mol. The fourth-order valence-electron chi connectivity index (χ4n) is 3.39. The highest BCUT2D eigenvalue weighted by Crippen LogP contribution is 2.38. The van der Waals surface area contributed by atoms with Gasteiger partial charge < -0.3 is 23.5 Å². The Balaban J connectivity index is 2.01. The second kappa shape index (κ2) is 11.0. The molecular formula is C25H28N2O6S. The molecule has 180 valence electrons. The number of aromatic nitrogens is 1. The highest BCUT2D eigenvalue weighted by Gasteiger charge is 2.14. The van der Waals surface area contributed by atoms with E-state index >= 15 is 0 Å². The van der Waals surface area contributed by atoms with Crippen LogP contribution in [0.2, 0.25) is 0 Å². The van der Waals surface area contributed by atoms with Crippen LogP contribution >= 0.6 is 11.3 Å². The van der Waals surface area contributed by atoms with E-state index in [4.69, 9.17) is 18.9 Å². The molecule has 0 aliphatic heterocycles. The van der Waals surface area contributed by atoms with Crippen LogP contribution in [-0.4, -0.2) is 44.4 Å². The fourth-order valence-corrected chi connectivity index (χ4v) is 4.51. The number of amides is 1. The number of methoxy groups -OCH3 is 3. The van der Waals surface area contributed by atoms with Crippen LogP contribution in [-0.2, 0) is 20.9 Å². The predicted molar refractivity (Wildman–Crippen MR) is 132 cm³/mol. The Bertz CT molecular complexity index is 1290. The topological polar surface area (TPSA) is 88.4 Å². The minimum atomic E-state index is -0.466. The maximum atomic E-state index is 12.7. The molecule has 1 amide bonds. The third-order valence-electron chi connectivity index (χ3n) is 5.20. The third kappa shape index (κ3) is 5.48. The van der Waals surface area contributed by atoms with E-state index in [1.54, 1.807) is 29.7 Å². The molecule has 9 heteroatoms. The van der Waals surface area contributed by atoms with Crippen LogP contribution in [0.4, 0.5) is 0 Å². The van der Waals surface area contributed by atoms with Crippen molar-refractivity contribution < 1.29 is 28.5 Å². The van der Waals surface area contributed by atoms with Crippen molar-refractivity contribution in [2.75, 3.05) is 27.9 Å². The lowest BCUT2D eigenvalue weighted by atomic mass is 10.1. The monoisotopic (exact) mass is 484 g/mol. The molecule has 0 radical (unpaired) electrons. The number of carbonyl (C=O) groups excluding carboxylic acids is 2. The first-order valence-corrected chi connectivity index (χ1v) is 11.5. The summed E-state index contributed by atoms with van der Waals surface area (Å²) in [5, 5.41) is 0. The largest absolute Gasteiger partial charge is 0.493 e. The molecule has 0 N–H and O–H groups in total. The number of hydrogen-bond acceptors (Lipinski definition) is 7. The fraction of sp³-hybridized carbons (Fsp3) is 0.320. The first-order chi connectivity index (χ1) is 16.3. The van der Waals surface area contributed by atoms with E-state index in [1.807, 2.05) is 26.0 Å². The van der Waals surface area contributed by atoms with Gasteiger partial charge in [-0.15, -0.1) is 0 Å². The van der Waals surface area contributed by atoms with Gasteiger partial charge in [-0.2, -0.15) is 4.99 Å². The highest BCUT2D eigenvalue weighted by atomic mass is 32.1. The predicted octanol–water partition coefficient (Wildman–Crippen LogP) is 4.05. The summed E-state index contributed by atoms with van der Waals surface area (Å²) in [7, 11) is 4.58. The van der Waals surface area contributed by atoms with Gasteiger partial charge in [0.2, 0.25) is 5.75 Å². The average Bonchev–Trinajstić information content (AvgIpc) is 3.12. The average molecular weight is 485 g/mol. The normalized spacial score (nSPS) is 11.8. The molecule has 0 spiro atoms. The number of aryl methyl sites for hydroxylation is 2. The van der Waals surface area contributed by atoms with Gasteiger partial charge in [-0.05, 0) is 67.8 Å². The van der Waals surface area contributed by atoms with Crippen LogP contribution in [0.1, 0.15) is 23.6 Å². The first-order valence-electron chi connectivity index (χ1n) is 10.6. The van der Waals surface area contributed by atoms with Crippen molar-refractivity contribution in [2.24, 2.45) is 4.99 Å². The van der Waals surface area contributed by atoms with Gasteiger partial charge in [0.15, 0.2) is 16.3 Å². The second-order valence-corrected chi connectivity index (χ2v) is 8.43.